The summed E-state index contributed by atoms with van der Waals surface area (Å²) in [4.78, 5) is 15.3. The standard InChI is InChI=1S/C58H36N4O/c59-37-38-17-19-41(20-18-38)44-27-31-47(32-28-44)56-60-57(49-14-7-13-48(35-49)45-23-21-42(22-24-45)39-9-3-1-4-10-39)62-58(61-56)50-33-34-52-54(36-50)63-53-16-8-15-51(55(52)53)46-29-25-43(26-30-46)40-11-5-2-6-12-40/h1-36H. The predicted molar refractivity (Wildman–Crippen MR) is 255 cm³/mol. The molecule has 0 fully saturated rings. The van der Waals surface area contributed by atoms with Crippen LogP contribution in [0.5, 0.6) is 0 Å². The van der Waals surface area contributed by atoms with Gasteiger partial charge in [-0.25, -0.2) is 15.0 Å². The lowest BCUT2D eigenvalue weighted by Gasteiger charge is -2.11. The monoisotopic (exact) mass is 804 g/mol. The summed E-state index contributed by atoms with van der Waals surface area (Å²) in [6.07, 6.45) is 0. The molecule has 0 amide bonds. The second kappa shape index (κ2) is 16.0. The molecule has 63 heavy (non-hydrogen) atoms. The third kappa shape index (κ3) is 7.33. The maximum Gasteiger partial charge on any atom is 0.164 e. The normalized spacial score (nSPS) is 11.2. The first-order chi connectivity index (χ1) is 31.1. The van der Waals surface area contributed by atoms with Crippen LogP contribution in [0.25, 0.3) is 112 Å². The SMILES string of the molecule is N#Cc1ccc(-c2ccc(-c3nc(-c4cccc(-c5ccc(-c6ccccc6)cc5)c4)nc(-c4ccc5c(c4)oc4cccc(-c6ccc(-c7ccccc7)cc6)c45)n3)cc2)cc1. The van der Waals surface area contributed by atoms with E-state index >= 15 is 0 Å². The van der Waals surface area contributed by atoms with E-state index < -0.39 is 0 Å². The fraction of sp³-hybridized carbons (Fsp3) is 0. The van der Waals surface area contributed by atoms with Crippen molar-refractivity contribution < 1.29 is 4.42 Å². The van der Waals surface area contributed by atoms with E-state index in [-0.39, 0.29) is 0 Å². The fourth-order valence-corrected chi connectivity index (χ4v) is 8.31. The maximum absolute atomic E-state index is 9.30. The molecule has 11 aromatic rings. The zero-order valence-corrected chi connectivity index (χ0v) is 34.0. The van der Waals surface area contributed by atoms with Crippen molar-refractivity contribution in [2.45, 2.75) is 0 Å². The minimum atomic E-state index is 0.544. The van der Waals surface area contributed by atoms with Crippen LogP contribution < -0.4 is 0 Å². The fourth-order valence-electron chi connectivity index (χ4n) is 8.31. The molecule has 2 heterocycles. The van der Waals surface area contributed by atoms with Gasteiger partial charge in [0, 0.05) is 27.5 Å². The molecule has 0 N–H and O–H groups in total. The Hall–Kier alpha value is -8.72. The summed E-state index contributed by atoms with van der Waals surface area (Å²) in [5.41, 5.74) is 15.9. The third-order valence-electron chi connectivity index (χ3n) is 11.6. The van der Waals surface area contributed by atoms with Gasteiger partial charge >= 0.3 is 0 Å². The van der Waals surface area contributed by atoms with Gasteiger partial charge in [-0.1, -0.05) is 182 Å². The Balaban J connectivity index is 0.988. The minimum absolute atomic E-state index is 0.544. The summed E-state index contributed by atoms with van der Waals surface area (Å²) < 4.78 is 6.58. The van der Waals surface area contributed by atoms with E-state index in [1.807, 2.05) is 60.7 Å². The van der Waals surface area contributed by atoms with Gasteiger partial charge < -0.3 is 4.42 Å². The summed E-state index contributed by atoms with van der Waals surface area (Å²) in [6.45, 7) is 0. The Morgan fingerprint density at radius 1 is 0.317 bits per heavy atom. The molecule has 0 aliphatic heterocycles. The van der Waals surface area contributed by atoms with E-state index in [4.69, 9.17) is 19.4 Å². The lowest BCUT2D eigenvalue weighted by Crippen LogP contribution is -2.00. The molecular formula is C58H36N4O. The summed E-state index contributed by atoms with van der Waals surface area (Å²) in [7, 11) is 0. The number of benzene rings is 9. The topological polar surface area (TPSA) is 75.6 Å². The number of aromatic nitrogens is 3. The molecular weight excluding hydrogens is 769 g/mol. The van der Waals surface area contributed by atoms with Crippen molar-refractivity contribution in [3.8, 4) is 95.9 Å². The summed E-state index contributed by atoms with van der Waals surface area (Å²) in [6, 6.07) is 77.1. The summed E-state index contributed by atoms with van der Waals surface area (Å²) in [5, 5.41) is 11.4. The van der Waals surface area contributed by atoms with E-state index in [9.17, 15) is 5.26 Å². The van der Waals surface area contributed by atoms with Crippen molar-refractivity contribution in [1.82, 2.24) is 15.0 Å². The molecule has 0 aliphatic rings. The van der Waals surface area contributed by atoms with Crippen LogP contribution in [0, 0.1) is 11.3 Å². The first-order valence-corrected chi connectivity index (χ1v) is 20.9. The number of nitrogens with zero attached hydrogens (tertiary/aromatic N) is 4. The molecule has 2 aromatic heterocycles. The highest BCUT2D eigenvalue weighted by atomic mass is 16.3. The summed E-state index contributed by atoms with van der Waals surface area (Å²) in [5.74, 6) is 1.67. The van der Waals surface area contributed by atoms with Gasteiger partial charge in [-0.05, 0) is 92.0 Å². The van der Waals surface area contributed by atoms with Gasteiger partial charge in [0.1, 0.15) is 11.2 Å². The second-order valence-electron chi connectivity index (χ2n) is 15.5. The first kappa shape index (κ1) is 37.3. The van der Waals surface area contributed by atoms with Crippen LogP contribution in [0.3, 0.4) is 0 Å². The number of fused-ring (bicyclic) bond motifs is 3. The molecule has 0 bridgehead atoms. The number of rotatable bonds is 8. The van der Waals surface area contributed by atoms with Crippen LogP contribution >= 0.6 is 0 Å². The molecule has 11 rings (SSSR count). The molecule has 0 atom stereocenters. The Labute approximate surface area is 364 Å². The van der Waals surface area contributed by atoms with Crippen LogP contribution in [-0.4, -0.2) is 15.0 Å². The number of nitriles is 1. The largest absolute Gasteiger partial charge is 0.456 e. The first-order valence-electron chi connectivity index (χ1n) is 20.9. The van der Waals surface area contributed by atoms with Crippen molar-refractivity contribution in [2.75, 3.05) is 0 Å². The van der Waals surface area contributed by atoms with Crippen LogP contribution in [-0.2, 0) is 0 Å². The Kier molecular flexibility index (Phi) is 9.50. The third-order valence-corrected chi connectivity index (χ3v) is 11.6. The van der Waals surface area contributed by atoms with Crippen molar-refractivity contribution in [3.05, 3.63) is 224 Å². The molecule has 0 saturated carbocycles. The van der Waals surface area contributed by atoms with Gasteiger partial charge in [0.15, 0.2) is 17.5 Å². The van der Waals surface area contributed by atoms with E-state index in [1.165, 1.54) is 22.3 Å². The highest BCUT2D eigenvalue weighted by Crippen LogP contribution is 2.39. The van der Waals surface area contributed by atoms with Gasteiger partial charge in [0.2, 0.25) is 0 Å². The van der Waals surface area contributed by atoms with E-state index in [2.05, 4.69) is 164 Å². The smallest absolute Gasteiger partial charge is 0.164 e. The van der Waals surface area contributed by atoms with Crippen LogP contribution in [0.1, 0.15) is 5.56 Å². The number of furan rings is 1. The molecule has 0 spiro atoms. The van der Waals surface area contributed by atoms with Crippen molar-refractivity contribution in [2.24, 2.45) is 0 Å². The maximum atomic E-state index is 9.30. The van der Waals surface area contributed by atoms with Crippen molar-refractivity contribution >= 4 is 21.9 Å². The molecule has 294 valence electrons. The number of hydrogen-bond donors (Lipinski definition) is 0. The molecule has 5 nitrogen and oxygen atoms in total. The Morgan fingerprint density at radius 3 is 1.30 bits per heavy atom. The van der Waals surface area contributed by atoms with Gasteiger partial charge in [-0.2, -0.15) is 5.26 Å². The highest BCUT2D eigenvalue weighted by molar-refractivity contribution is 6.13. The molecule has 0 saturated heterocycles. The van der Waals surface area contributed by atoms with Gasteiger partial charge in [-0.15, -0.1) is 0 Å². The van der Waals surface area contributed by atoms with Crippen molar-refractivity contribution in [3.63, 3.8) is 0 Å². The minimum Gasteiger partial charge on any atom is -0.456 e. The zero-order valence-electron chi connectivity index (χ0n) is 34.0. The molecule has 0 radical (unpaired) electrons. The molecule has 0 aliphatic carbocycles. The van der Waals surface area contributed by atoms with Crippen LogP contribution in [0.4, 0.5) is 0 Å². The van der Waals surface area contributed by atoms with Gasteiger partial charge in [0.05, 0.1) is 11.6 Å². The second-order valence-corrected chi connectivity index (χ2v) is 15.5. The van der Waals surface area contributed by atoms with Gasteiger partial charge in [-0.3, -0.25) is 0 Å². The average molecular weight is 805 g/mol. The van der Waals surface area contributed by atoms with E-state index in [0.717, 1.165) is 72.0 Å². The lowest BCUT2D eigenvalue weighted by molar-refractivity contribution is 0.669. The molecule has 5 heteroatoms. The molecule has 0 unspecified atom stereocenters. The van der Waals surface area contributed by atoms with Crippen molar-refractivity contribution in [1.29, 1.82) is 5.26 Å². The average Bonchev–Trinajstić information content (AvgIpc) is 3.75. The number of hydrogen-bond acceptors (Lipinski definition) is 5. The predicted octanol–water partition coefficient (Wildman–Crippen LogP) is 15.0. The van der Waals surface area contributed by atoms with Crippen LogP contribution in [0.15, 0.2) is 223 Å². The highest BCUT2D eigenvalue weighted by Gasteiger charge is 2.17. The Bertz CT molecular complexity index is 3460. The summed E-state index contributed by atoms with van der Waals surface area (Å²) >= 11 is 0. The lowest BCUT2D eigenvalue weighted by atomic mass is 9.96. The Morgan fingerprint density at radius 2 is 0.730 bits per heavy atom. The van der Waals surface area contributed by atoms with Gasteiger partial charge in [0.25, 0.3) is 0 Å². The van der Waals surface area contributed by atoms with E-state index in [1.54, 1.807) is 0 Å². The quantitative estimate of drug-likeness (QED) is 0.153. The molecule has 9 aromatic carbocycles. The van der Waals surface area contributed by atoms with E-state index in [0.29, 0.717) is 23.0 Å². The zero-order chi connectivity index (χ0) is 42.1. The van der Waals surface area contributed by atoms with Crippen LogP contribution in [0.2, 0.25) is 0 Å².